The number of aliphatic hydroxyl groups excluding tert-OH is 3. The number of rotatable bonds is 34. The first-order chi connectivity index (χ1) is 25.5. The first-order valence-electron chi connectivity index (χ1n) is 20.9. The van der Waals surface area contributed by atoms with Crippen molar-refractivity contribution in [3.8, 4) is 0 Å². The van der Waals surface area contributed by atoms with Gasteiger partial charge in [0.05, 0.1) is 24.9 Å². The van der Waals surface area contributed by atoms with Gasteiger partial charge in [0.25, 0.3) is 0 Å². The molecular weight excluding hydrogens is 699 g/mol. The largest absolute Gasteiger partial charge is 0.469 e. The van der Waals surface area contributed by atoms with E-state index in [0.29, 0.717) is 25.7 Å². The Morgan fingerprint density at radius 3 is 1.89 bits per heavy atom. The fraction of sp³-hybridized carbons (Fsp3) is 0.854. The van der Waals surface area contributed by atoms with Gasteiger partial charge in [-0.25, -0.2) is 4.57 Å². The molecule has 53 heavy (non-hydrogen) atoms. The first kappa shape index (κ1) is 49.4. The van der Waals surface area contributed by atoms with E-state index in [1.807, 2.05) is 6.08 Å². The topological polar surface area (TPSA) is 180 Å². The lowest BCUT2D eigenvalue weighted by Gasteiger charge is -2.21. The van der Waals surface area contributed by atoms with E-state index < -0.39 is 50.8 Å². The van der Waals surface area contributed by atoms with Crippen molar-refractivity contribution >= 4 is 19.8 Å². The van der Waals surface area contributed by atoms with Crippen LogP contribution >= 0.6 is 7.82 Å². The van der Waals surface area contributed by atoms with Crippen LogP contribution in [0.2, 0.25) is 0 Å². The van der Waals surface area contributed by atoms with E-state index in [2.05, 4.69) is 30.5 Å². The number of allylic oxidation sites excluding steroid dienone is 2. The number of carbonyl (C=O) groups excluding carboxylic acids is 2. The van der Waals surface area contributed by atoms with Crippen LogP contribution in [0.4, 0.5) is 0 Å². The summed E-state index contributed by atoms with van der Waals surface area (Å²) in [5.41, 5.74) is 0. The molecule has 0 radical (unpaired) electrons. The lowest BCUT2D eigenvalue weighted by Crippen LogP contribution is -2.29. The van der Waals surface area contributed by atoms with Gasteiger partial charge in [-0.2, -0.15) is 0 Å². The summed E-state index contributed by atoms with van der Waals surface area (Å²) in [5.74, 6) is -1.31. The van der Waals surface area contributed by atoms with Gasteiger partial charge in [-0.15, -0.1) is 0 Å². The number of esters is 2. The average molecular weight is 775 g/mol. The number of carbonyl (C=O) groups is 2. The number of aliphatic hydroxyl groups is 3. The first-order valence-corrected chi connectivity index (χ1v) is 22.4. The Hall–Kier alpha value is -1.59. The van der Waals surface area contributed by atoms with Crippen LogP contribution in [-0.4, -0.2) is 74.7 Å². The molecule has 0 aromatic carbocycles. The third-order valence-electron chi connectivity index (χ3n) is 10.0. The molecule has 0 unspecified atom stereocenters. The zero-order chi connectivity index (χ0) is 39.2. The normalized spacial score (nSPS) is 20.4. The van der Waals surface area contributed by atoms with Gasteiger partial charge in [-0.1, -0.05) is 128 Å². The Morgan fingerprint density at radius 1 is 0.717 bits per heavy atom. The van der Waals surface area contributed by atoms with Crippen LogP contribution in [0, 0.1) is 11.8 Å². The molecule has 1 fully saturated rings. The second-order valence-electron chi connectivity index (χ2n) is 14.9. The van der Waals surface area contributed by atoms with Gasteiger partial charge in [0.15, 0.2) is 6.10 Å². The Balaban J connectivity index is 2.27. The molecule has 0 spiro atoms. The molecule has 6 atom stereocenters. The third kappa shape index (κ3) is 27.6. The van der Waals surface area contributed by atoms with E-state index in [0.717, 1.165) is 83.5 Å². The number of phosphoric ester groups is 1. The van der Waals surface area contributed by atoms with Crippen LogP contribution in [0.5, 0.6) is 0 Å². The van der Waals surface area contributed by atoms with Crippen molar-refractivity contribution in [3.63, 3.8) is 0 Å². The van der Waals surface area contributed by atoms with Crippen molar-refractivity contribution in [2.75, 3.05) is 13.2 Å². The third-order valence-corrected chi connectivity index (χ3v) is 10.5. The molecule has 0 bridgehead atoms. The predicted molar refractivity (Wildman–Crippen MR) is 209 cm³/mol. The molecule has 5 N–H and O–H groups in total. The van der Waals surface area contributed by atoms with Gasteiger partial charge in [0, 0.05) is 25.2 Å². The molecule has 0 aliphatic heterocycles. The van der Waals surface area contributed by atoms with E-state index in [1.54, 1.807) is 6.08 Å². The molecule has 0 aromatic rings. The zero-order valence-corrected chi connectivity index (χ0v) is 33.9. The minimum Gasteiger partial charge on any atom is -0.462 e. The molecular formula is C41H75O11P. The Labute approximate surface area is 320 Å². The molecule has 0 aromatic heterocycles. The molecule has 1 rings (SSSR count). The summed E-state index contributed by atoms with van der Waals surface area (Å²) in [5, 5.41) is 31.2. The Morgan fingerprint density at radius 2 is 1.26 bits per heavy atom. The van der Waals surface area contributed by atoms with Gasteiger partial charge in [0.2, 0.25) is 0 Å². The van der Waals surface area contributed by atoms with E-state index >= 15 is 0 Å². The van der Waals surface area contributed by atoms with Gasteiger partial charge >= 0.3 is 19.8 Å². The zero-order valence-electron chi connectivity index (χ0n) is 33.0. The summed E-state index contributed by atoms with van der Waals surface area (Å²) in [7, 11) is -4.81. The second-order valence-corrected chi connectivity index (χ2v) is 16.2. The highest BCUT2D eigenvalue weighted by Crippen LogP contribution is 2.38. The van der Waals surface area contributed by atoms with Gasteiger partial charge in [0.1, 0.15) is 6.61 Å². The van der Waals surface area contributed by atoms with Crippen molar-refractivity contribution in [2.45, 2.75) is 199 Å². The standard InChI is InChI=1S/C41H75O11P/c1-3-5-7-8-9-10-11-12-13-14-15-16-17-18-24-28-41(46)52-35(33-51-53(47,48)49)32-50-40(45)27-23-20-19-22-26-36-37(39(44)31-38(36)43)30-29-34(42)25-21-6-4-2/h12-13,29-30,34-39,42-44H,3-11,14-28,31-33H2,1-2H3,(H2,47,48,49)/b13-12-,30-29+/t34-,35+,36+,37+,38-,39+/m0/s1. The van der Waals surface area contributed by atoms with Crippen molar-refractivity contribution in [1.82, 2.24) is 0 Å². The molecule has 0 heterocycles. The Bertz CT molecular complexity index is 1030. The summed E-state index contributed by atoms with van der Waals surface area (Å²) in [6.45, 7) is 3.40. The minimum atomic E-state index is -4.81. The molecule has 1 aliphatic carbocycles. The highest BCUT2D eigenvalue weighted by Gasteiger charge is 2.39. The van der Waals surface area contributed by atoms with Crippen LogP contribution in [0.1, 0.15) is 174 Å². The molecule has 1 aliphatic rings. The van der Waals surface area contributed by atoms with E-state index in [4.69, 9.17) is 19.3 Å². The second kappa shape index (κ2) is 31.6. The van der Waals surface area contributed by atoms with Gasteiger partial charge in [-0.3, -0.25) is 14.1 Å². The minimum absolute atomic E-state index is 0.0825. The van der Waals surface area contributed by atoms with Gasteiger partial charge < -0.3 is 34.6 Å². The predicted octanol–water partition coefficient (Wildman–Crippen LogP) is 8.78. The van der Waals surface area contributed by atoms with E-state index in [1.165, 1.54) is 38.5 Å². The molecule has 0 saturated heterocycles. The quantitative estimate of drug-likeness (QED) is 0.0183. The SMILES string of the molecule is CCCCCCCC/C=C\CCCCCCCC(=O)O[C@H](COC(=O)CCCCCC[C@@H]1[C@@H](/C=C/[C@@H](O)CCCCC)[C@H](O)C[C@@H]1O)COP(=O)(O)O. The monoisotopic (exact) mass is 775 g/mol. The summed E-state index contributed by atoms with van der Waals surface area (Å²) < 4.78 is 26.4. The molecule has 11 nitrogen and oxygen atoms in total. The lowest BCUT2D eigenvalue weighted by atomic mass is 9.88. The number of hydrogen-bond acceptors (Lipinski definition) is 9. The summed E-state index contributed by atoms with van der Waals surface area (Å²) >= 11 is 0. The number of phosphoric acid groups is 1. The van der Waals surface area contributed by atoms with Crippen LogP contribution in [-0.2, 0) is 28.2 Å². The maximum atomic E-state index is 12.4. The van der Waals surface area contributed by atoms with Crippen molar-refractivity contribution < 1.29 is 53.3 Å². The smallest absolute Gasteiger partial charge is 0.462 e. The van der Waals surface area contributed by atoms with Gasteiger partial charge in [-0.05, 0) is 57.3 Å². The maximum absolute atomic E-state index is 12.4. The highest BCUT2D eigenvalue weighted by molar-refractivity contribution is 7.46. The number of unbranched alkanes of at least 4 members (excludes halogenated alkanes) is 16. The van der Waals surface area contributed by atoms with Crippen LogP contribution in [0.15, 0.2) is 24.3 Å². The molecule has 0 amide bonds. The van der Waals surface area contributed by atoms with Crippen molar-refractivity contribution in [2.24, 2.45) is 11.8 Å². The highest BCUT2D eigenvalue weighted by atomic mass is 31.2. The van der Waals surface area contributed by atoms with Crippen molar-refractivity contribution in [1.29, 1.82) is 0 Å². The summed E-state index contributed by atoms with van der Waals surface area (Å²) in [6.07, 6.45) is 28.2. The van der Waals surface area contributed by atoms with Crippen LogP contribution < -0.4 is 0 Å². The van der Waals surface area contributed by atoms with Crippen molar-refractivity contribution in [3.05, 3.63) is 24.3 Å². The number of ether oxygens (including phenoxy) is 2. The lowest BCUT2D eigenvalue weighted by molar-refractivity contribution is -0.161. The van der Waals surface area contributed by atoms with Crippen LogP contribution in [0.3, 0.4) is 0 Å². The van der Waals surface area contributed by atoms with E-state index in [9.17, 15) is 29.5 Å². The molecule has 310 valence electrons. The number of hydrogen-bond donors (Lipinski definition) is 5. The molecule has 12 heteroatoms. The molecule has 1 saturated carbocycles. The summed E-state index contributed by atoms with van der Waals surface area (Å²) in [6, 6.07) is 0. The summed E-state index contributed by atoms with van der Waals surface area (Å²) in [4.78, 5) is 43.0. The Kier molecular flexibility index (Phi) is 29.5. The fourth-order valence-electron chi connectivity index (χ4n) is 6.88. The average Bonchev–Trinajstić information content (AvgIpc) is 3.38. The van der Waals surface area contributed by atoms with Crippen LogP contribution in [0.25, 0.3) is 0 Å². The fourth-order valence-corrected chi connectivity index (χ4v) is 7.24. The van der Waals surface area contributed by atoms with E-state index in [-0.39, 0.29) is 31.3 Å². The maximum Gasteiger partial charge on any atom is 0.469 e.